The zero-order valence-electron chi connectivity index (χ0n) is 22.5. The molecule has 8 heteroatoms. The second-order valence-corrected chi connectivity index (χ2v) is 9.99. The van der Waals surface area contributed by atoms with Gasteiger partial charge in [0.25, 0.3) is 5.92 Å². The Hall–Kier alpha value is -3.42. The predicted molar refractivity (Wildman–Crippen MR) is 144 cm³/mol. The molecule has 3 aromatic rings. The summed E-state index contributed by atoms with van der Waals surface area (Å²) in [7, 11) is 0. The van der Waals surface area contributed by atoms with Gasteiger partial charge in [-0.25, -0.2) is 17.6 Å². The molecule has 0 unspecified atom stereocenters. The highest BCUT2D eigenvalue weighted by Crippen LogP contribution is 2.41. The Morgan fingerprint density at radius 3 is 1.70 bits per heavy atom. The Labute approximate surface area is 230 Å². The molecular formula is C32H32F6O2. The molecule has 0 saturated heterocycles. The van der Waals surface area contributed by atoms with Gasteiger partial charge in [-0.05, 0) is 80.8 Å². The monoisotopic (exact) mass is 562 g/mol. The molecule has 0 atom stereocenters. The Morgan fingerprint density at radius 2 is 1.23 bits per heavy atom. The SMILES string of the molecule is C/C=C/C1CCC(C(F)(F)CCOc2ccc(-c3ccc(-c4ccc(OCC)c(F)c4F)cc3)c(F)c2F)CC1. The highest BCUT2D eigenvalue weighted by molar-refractivity contribution is 5.72. The molecule has 214 valence electrons. The Kier molecular flexibility index (Phi) is 9.48. The van der Waals surface area contributed by atoms with Crippen LogP contribution in [0.15, 0.2) is 60.7 Å². The molecule has 1 aliphatic carbocycles. The molecule has 4 rings (SSSR count). The first-order valence-electron chi connectivity index (χ1n) is 13.5. The van der Waals surface area contributed by atoms with Crippen LogP contribution in [0.1, 0.15) is 46.0 Å². The van der Waals surface area contributed by atoms with E-state index in [1.807, 2.05) is 13.0 Å². The van der Waals surface area contributed by atoms with Crippen molar-refractivity contribution in [1.29, 1.82) is 0 Å². The van der Waals surface area contributed by atoms with Crippen LogP contribution in [0, 0.1) is 35.1 Å². The van der Waals surface area contributed by atoms with Crippen molar-refractivity contribution in [2.24, 2.45) is 11.8 Å². The van der Waals surface area contributed by atoms with Gasteiger partial charge >= 0.3 is 0 Å². The summed E-state index contributed by atoms with van der Waals surface area (Å²) in [4.78, 5) is 0. The van der Waals surface area contributed by atoms with E-state index < -0.39 is 53.9 Å². The first kappa shape index (κ1) is 29.6. The third-order valence-electron chi connectivity index (χ3n) is 7.43. The van der Waals surface area contributed by atoms with Gasteiger partial charge in [0, 0.05) is 23.5 Å². The number of ether oxygens (including phenoxy) is 2. The van der Waals surface area contributed by atoms with Crippen molar-refractivity contribution in [3.63, 3.8) is 0 Å². The highest BCUT2D eigenvalue weighted by atomic mass is 19.3. The topological polar surface area (TPSA) is 18.5 Å². The molecule has 0 aliphatic heterocycles. The highest BCUT2D eigenvalue weighted by Gasteiger charge is 2.40. The van der Waals surface area contributed by atoms with Crippen molar-refractivity contribution in [2.75, 3.05) is 13.2 Å². The van der Waals surface area contributed by atoms with Crippen molar-refractivity contribution >= 4 is 0 Å². The summed E-state index contributed by atoms with van der Waals surface area (Å²) in [6.07, 6.45) is 5.66. The van der Waals surface area contributed by atoms with E-state index in [9.17, 15) is 26.3 Å². The molecule has 2 nitrogen and oxygen atoms in total. The Morgan fingerprint density at radius 1 is 0.725 bits per heavy atom. The lowest BCUT2D eigenvalue weighted by Gasteiger charge is -2.32. The van der Waals surface area contributed by atoms with Gasteiger partial charge in [-0.2, -0.15) is 8.78 Å². The molecule has 0 aromatic heterocycles. The lowest BCUT2D eigenvalue weighted by atomic mass is 9.78. The van der Waals surface area contributed by atoms with Gasteiger partial charge in [0.1, 0.15) is 0 Å². The molecule has 40 heavy (non-hydrogen) atoms. The smallest absolute Gasteiger partial charge is 0.254 e. The molecule has 0 N–H and O–H groups in total. The zero-order valence-corrected chi connectivity index (χ0v) is 22.5. The van der Waals surface area contributed by atoms with E-state index in [0.29, 0.717) is 42.7 Å². The first-order valence-corrected chi connectivity index (χ1v) is 13.5. The van der Waals surface area contributed by atoms with Crippen molar-refractivity contribution in [2.45, 2.75) is 51.9 Å². The summed E-state index contributed by atoms with van der Waals surface area (Å²) in [5.74, 6) is -8.69. The fraction of sp³-hybridized carbons (Fsp3) is 0.375. The Balaban J connectivity index is 1.41. The second kappa shape index (κ2) is 12.8. The Bertz CT molecular complexity index is 1330. The zero-order chi connectivity index (χ0) is 28.9. The summed E-state index contributed by atoms with van der Waals surface area (Å²) in [6.45, 7) is 3.30. The number of halogens is 6. The summed E-state index contributed by atoms with van der Waals surface area (Å²) >= 11 is 0. The van der Waals surface area contributed by atoms with Gasteiger partial charge in [-0.3, -0.25) is 0 Å². The maximum absolute atomic E-state index is 14.9. The van der Waals surface area contributed by atoms with E-state index in [2.05, 4.69) is 6.08 Å². The van der Waals surface area contributed by atoms with Crippen LogP contribution in [0.4, 0.5) is 26.3 Å². The standard InChI is InChI=1S/C32H32F6O2/c1-3-5-20-6-12-23(13-7-20)32(37,38)18-19-40-27-17-15-25(29(34)31(27)36)22-10-8-21(9-11-22)24-14-16-26(39-4-2)30(35)28(24)33/h3,5,8-11,14-17,20,23H,4,6-7,12-13,18-19H2,1-2H3/b5-3+. The van der Waals surface area contributed by atoms with Crippen LogP contribution in [0.3, 0.4) is 0 Å². The van der Waals surface area contributed by atoms with Gasteiger partial charge in [0.15, 0.2) is 23.1 Å². The maximum Gasteiger partial charge on any atom is 0.254 e. The molecule has 0 amide bonds. The molecule has 0 spiro atoms. The lowest BCUT2D eigenvalue weighted by molar-refractivity contribution is -0.0865. The molecule has 1 fully saturated rings. The van der Waals surface area contributed by atoms with E-state index >= 15 is 0 Å². The quantitative estimate of drug-likeness (QED) is 0.181. The number of rotatable bonds is 10. The normalized spacial score (nSPS) is 17.8. The van der Waals surface area contributed by atoms with Crippen LogP contribution in [-0.4, -0.2) is 19.1 Å². The number of alkyl halides is 2. The van der Waals surface area contributed by atoms with Crippen LogP contribution < -0.4 is 9.47 Å². The lowest BCUT2D eigenvalue weighted by Crippen LogP contribution is -2.33. The average Bonchev–Trinajstić information content (AvgIpc) is 2.94. The number of hydrogen-bond donors (Lipinski definition) is 0. The minimum atomic E-state index is -2.96. The van der Waals surface area contributed by atoms with Gasteiger partial charge in [-0.15, -0.1) is 0 Å². The minimum absolute atomic E-state index is 0.00875. The van der Waals surface area contributed by atoms with Crippen molar-refractivity contribution in [1.82, 2.24) is 0 Å². The third-order valence-corrected chi connectivity index (χ3v) is 7.43. The average molecular weight is 563 g/mol. The van der Waals surface area contributed by atoms with Crippen LogP contribution in [0.2, 0.25) is 0 Å². The summed E-state index contributed by atoms with van der Waals surface area (Å²) in [6, 6.07) is 11.0. The van der Waals surface area contributed by atoms with Gasteiger partial charge in [-0.1, -0.05) is 36.4 Å². The van der Waals surface area contributed by atoms with Crippen LogP contribution in [0.5, 0.6) is 11.5 Å². The molecule has 0 radical (unpaired) electrons. The maximum atomic E-state index is 14.9. The third kappa shape index (κ3) is 6.48. The van der Waals surface area contributed by atoms with Crippen LogP contribution >= 0.6 is 0 Å². The fourth-order valence-electron chi connectivity index (χ4n) is 5.22. The summed E-state index contributed by atoms with van der Waals surface area (Å²) in [5.41, 5.74) is 0.530. The van der Waals surface area contributed by atoms with Gasteiger partial charge in [0.2, 0.25) is 11.6 Å². The molecule has 0 bridgehead atoms. The number of allylic oxidation sites excluding steroid dienone is 2. The largest absolute Gasteiger partial charge is 0.491 e. The predicted octanol–water partition coefficient (Wildman–Crippen LogP) is 9.76. The molecule has 1 saturated carbocycles. The molecule has 0 heterocycles. The van der Waals surface area contributed by atoms with Gasteiger partial charge in [0.05, 0.1) is 13.2 Å². The molecule has 1 aliphatic rings. The van der Waals surface area contributed by atoms with Crippen LogP contribution in [0.25, 0.3) is 22.3 Å². The van der Waals surface area contributed by atoms with Crippen LogP contribution in [-0.2, 0) is 0 Å². The number of hydrogen-bond acceptors (Lipinski definition) is 2. The summed E-state index contributed by atoms with van der Waals surface area (Å²) < 4.78 is 98.3. The van der Waals surface area contributed by atoms with E-state index in [1.54, 1.807) is 6.92 Å². The van der Waals surface area contributed by atoms with Gasteiger partial charge < -0.3 is 9.47 Å². The number of benzene rings is 3. The minimum Gasteiger partial charge on any atom is -0.491 e. The van der Waals surface area contributed by atoms with E-state index in [4.69, 9.17) is 9.47 Å². The summed E-state index contributed by atoms with van der Waals surface area (Å²) in [5, 5.41) is 0. The van der Waals surface area contributed by atoms with Crippen molar-refractivity contribution in [3.05, 3.63) is 84.0 Å². The molecule has 3 aromatic carbocycles. The van der Waals surface area contributed by atoms with E-state index in [1.165, 1.54) is 48.5 Å². The van der Waals surface area contributed by atoms with E-state index in [-0.39, 0.29) is 23.5 Å². The van der Waals surface area contributed by atoms with Crippen molar-refractivity contribution < 1.29 is 35.8 Å². The van der Waals surface area contributed by atoms with E-state index in [0.717, 1.165) is 0 Å². The first-order chi connectivity index (χ1) is 19.2. The molecular weight excluding hydrogens is 530 g/mol. The van der Waals surface area contributed by atoms with Crippen molar-refractivity contribution in [3.8, 4) is 33.8 Å². The fourth-order valence-corrected chi connectivity index (χ4v) is 5.22. The second-order valence-electron chi connectivity index (χ2n) is 9.99.